The van der Waals surface area contributed by atoms with Gasteiger partial charge in [-0.05, 0) is 6.07 Å². The number of aliphatic hydroxyl groups is 2. The first-order valence-corrected chi connectivity index (χ1v) is 7.18. The number of hydrazone groups is 1. The summed E-state index contributed by atoms with van der Waals surface area (Å²) in [4.78, 5) is 1.82. The van der Waals surface area contributed by atoms with Crippen LogP contribution in [0.1, 0.15) is 11.5 Å². The summed E-state index contributed by atoms with van der Waals surface area (Å²) in [5.41, 5.74) is 4.39. The molecule has 0 saturated carbocycles. The molecule has 0 aromatic heterocycles. The lowest BCUT2D eigenvalue weighted by atomic mass is 9.98. The quantitative estimate of drug-likeness (QED) is 0.576. The zero-order valence-electron chi connectivity index (χ0n) is 12.6. The van der Waals surface area contributed by atoms with Gasteiger partial charge in [-0.25, -0.2) is 10.5 Å². The van der Waals surface area contributed by atoms with Crippen molar-refractivity contribution in [3.05, 3.63) is 36.0 Å². The Morgan fingerprint density at radius 1 is 1.27 bits per heavy atom. The summed E-state index contributed by atoms with van der Waals surface area (Å²) in [5, 5.41) is 34.2. The molecule has 1 heterocycles. The van der Waals surface area contributed by atoms with Crippen LogP contribution in [0.15, 0.2) is 35.6 Å². The van der Waals surface area contributed by atoms with E-state index in [2.05, 4.69) is 10.5 Å². The Morgan fingerprint density at radius 3 is 2.50 bits per heavy atom. The van der Waals surface area contributed by atoms with Crippen LogP contribution in [0.2, 0.25) is 0 Å². The monoisotopic (exact) mass is 306 g/mol. The number of nitrogens with zero attached hydrogens (tertiary/aromatic N) is 3. The molecule has 7 heteroatoms. The first-order valence-electron chi connectivity index (χ1n) is 7.18. The van der Waals surface area contributed by atoms with Gasteiger partial charge in [0.1, 0.15) is 5.75 Å². The van der Waals surface area contributed by atoms with Gasteiger partial charge in [0.2, 0.25) is 0 Å². The van der Waals surface area contributed by atoms with Gasteiger partial charge < -0.3 is 20.2 Å². The maximum Gasteiger partial charge on any atom is 0.121 e. The molecular formula is C15H22N4O3. The van der Waals surface area contributed by atoms with E-state index in [0.29, 0.717) is 13.1 Å². The Bertz CT molecular complexity index is 528. The van der Waals surface area contributed by atoms with Crippen molar-refractivity contribution in [1.29, 1.82) is 0 Å². The molecule has 7 nitrogen and oxygen atoms in total. The molecule has 0 bridgehead atoms. The first-order chi connectivity index (χ1) is 10.7. The fraction of sp³-hybridized carbons (Fsp3) is 0.400. The second-order valence-electron chi connectivity index (χ2n) is 4.88. The first kappa shape index (κ1) is 16.3. The second-order valence-corrected chi connectivity index (χ2v) is 4.88. The van der Waals surface area contributed by atoms with Crippen LogP contribution < -0.4 is 10.3 Å². The van der Waals surface area contributed by atoms with E-state index in [1.54, 1.807) is 30.6 Å². The third-order valence-corrected chi connectivity index (χ3v) is 3.49. The highest BCUT2D eigenvalue weighted by atomic mass is 16.3. The zero-order valence-corrected chi connectivity index (χ0v) is 12.6. The molecule has 0 saturated heterocycles. The number of aromatic hydroxyl groups is 1. The van der Waals surface area contributed by atoms with E-state index >= 15 is 0 Å². The van der Waals surface area contributed by atoms with Crippen molar-refractivity contribution in [2.24, 2.45) is 5.10 Å². The minimum Gasteiger partial charge on any atom is -0.508 e. The number of aliphatic hydroxyl groups excluding tert-OH is 2. The Labute approximate surface area is 129 Å². The molecule has 0 fully saturated rings. The van der Waals surface area contributed by atoms with E-state index in [-0.39, 0.29) is 24.9 Å². The number of benzene rings is 1. The summed E-state index contributed by atoms with van der Waals surface area (Å²) in [6.07, 6.45) is 5.46. The fourth-order valence-corrected chi connectivity index (χ4v) is 2.34. The van der Waals surface area contributed by atoms with Crippen molar-refractivity contribution in [1.82, 2.24) is 10.5 Å². The predicted molar refractivity (Wildman–Crippen MR) is 85.8 cm³/mol. The number of rotatable bonds is 7. The van der Waals surface area contributed by atoms with Gasteiger partial charge >= 0.3 is 0 Å². The summed E-state index contributed by atoms with van der Waals surface area (Å²) in [6, 6.07) is 5.35. The van der Waals surface area contributed by atoms with Gasteiger partial charge in [0.25, 0.3) is 0 Å². The van der Waals surface area contributed by atoms with Gasteiger partial charge in [-0.3, -0.25) is 0 Å². The number of hydrogen-bond donors (Lipinski definition) is 4. The lowest BCUT2D eigenvalue weighted by molar-refractivity contribution is 0.281. The molecule has 1 aromatic rings. The standard InChI is InChI=1S/C15H22N4O3/c1-16-19-5-4-12(11-17-19)14-3-2-13(10-15(14)22)18(6-8-20)7-9-21/h2-5,10-12,16,20-22H,6-9H2,1H3. The molecule has 1 aliphatic heterocycles. The Morgan fingerprint density at radius 2 is 2.00 bits per heavy atom. The van der Waals surface area contributed by atoms with Gasteiger partial charge in [-0.1, -0.05) is 12.1 Å². The highest BCUT2D eigenvalue weighted by molar-refractivity contribution is 5.73. The summed E-state index contributed by atoms with van der Waals surface area (Å²) in [7, 11) is 1.77. The van der Waals surface area contributed by atoms with Crippen molar-refractivity contribution in [3.8, 4) is 5.75 Å². The molecule has 0 amide bonds. The van der Waals surface area contributed by atoms with Gasteiger partial charge in [0.05, 0.1) is 13.2 Å². The molecule has 2 rings (SSSR count). The van der Waals surface area contributed by atoms with Crippen molar-refractivity contribution in [2.75, 3.05) is 38.3 Å². The van der Waals surface area contributed by atoms with E-state index in [1.165, 1.54) is 0 Å². The largest absolute Gasteiger partial charge is 0.508 e. The average molecular weight is 306 g/mol. The normalized spacial score (nSPS) is 17.0. The topological polar surface area (TPSA) is 91.6 Å². The molecule has 1 atom stereocenters. The molecule has 22 heavy (non-hydrogen) atoms. The summed E-state index contributed by atoms with van der Waals surface area (Å²) in [5.74, 6) is 0.0696. The van der Waals surface area contributed by atoms with Crippen LogP contribution in [0.5, 0.6) is 5.75 Å². The van der Waals surface area contributed by atoms with Crippen LogP contribution in [0.25, 0.3) is 0 Å². The Balaban J connectivity index is 2.17. The van der Waals surface area contributed by atoms with E-state index in [0.717, 1.165) is 11.3 Å². The lowest BCUT2D eigenvalue weighted by Gasteiger charge is -2.24. The molecule has 0 aliphatic carbocycles. The van der Waals surface area contributed by atoms with E-state index in [1.807, 2.05) is 23.1 Å². The number of anilines is 1. The van der Waals surface area contributed by atoms with Crippen molar-refractivity contribution in [2.45, 2.75) is 5.92 Å². The third-order valence-electron chi connectivity index (χ3n) is 3.49. The van der Waals surface area contributed by atoms with Gasteiger partial charge in [0.15, 0.2) is 0 Å². The minimum absolute atomic E-state index is 0.0135. The molecule has 1 aliphatic rings. The van der Waals surface area contributed by atoms with Crippen LogP contribution in [0.3, 0.4) is 0 Å². The maximum absolute atomic E-state index is 10.3. The molecule has 0 radical (unpaired) electrons. The number of allylic oxidation sites excluding steroid dienone is 1. The van der Waals surface area contributed by atoms with Crippen molar-refractivity contribution in [3.63, 3.8) is 0 Å². The number of hydrazine groups is 1. The van der Waals surface area contributed by atoms with Crippen LogP contribution in [0, 0.1) is 0 Å². The summed E-state index contributed by atoms with van der Waals surface area (Å²) in [6.45, 7) is 0.781. The van der Waals surface area contributed by atoms with Gasteiger partial charge in [0, 0.05) is 55.8 Å². The van der Waals surface area contributed by atoms with Crippen molar-refractivity contribution < 1.29 is 15.3 Å². The van der Waals surface area contributed by atoms with Crippen LogP contribution in [0.4, 0.5) is 5.69 Å². The third kappa shape index (κ3) is 3.76. The predicted octanol–water partition coefficient (Wildman–Crippen LogP) is 0.216. The zero-order chi connectivity index (χ0) is 15.9. The van der Waals surface area contributed by atoms with E-state index in [9.17, 15) is 5.11 Å². The SMILES string of the molecule is CNN1C=CC(c2ccc(N(CCO)CCO)cc2O)C=N1. The molecule has 120 valence electrons. The molecule has 1 aromatic carbocycles. The fourth-order valence-electron chi connectivity index (χ4n) is 2.34. The Kier molecular flexibility index (Phi) is 5.76. The molecule has 0 spiro atoms. The Hall–Kier alpha value is -2.09. The molecule has 4 N–H and O–H groups in total. The number of hydrogen-bond acceptors (Lipinski definition) is 7. The van der Waals surface area contributed by atoms with Crippen LogP contribution in [-0.4, -0.2) is 60.0 Å². The van der Waals surface area contributed by atoms with Crippen LogP contribution >= 0.6 is 0 Å². The highest BCUT2D eigenvalue weighted by Crippen LogP contribution is 2.31. The second kappa shape index (κ2) is 7.79. The van der Waals surface area contributed by atoms with Crippen LogP contribution in [-0.2, 0) is 0 Å². The molecular weight excluding hydrogens is 284 g/mol. The van der Waals surface area contributed by atoms with E-state index < -0.39 is 0 Å². The van der Waals surface area contributed by atoms with E-state index in [4.69, 9.17) is 10.2 Å². The lowest BCUT2D eigenvalue weighted by Crippen LogP contribution is -2.29. The smallest absolute Gasteiger partial charge is 0.121 e. The van der Waals surface area contributed by atoms with Crippen molar-refractivity contribution >= 4 is 11.9 Å². The summed E-state index contributed by atoms with van der Waals surface area (Å²) < 4.78 is 0. The minimum atomic E-state index is -0.0946. The average Bonchev–Trinajstić information content (AvgIpc) is 2.55. The van der Waals surface area contributed by atoms with Gasteiger partial charge in [-0.15, -0.1) is 0 Å². The number of nitrogens with one attached hydrogen (secondary N) is 1. The number of phenols is 1. The maximum atomic E-state index is 10.3. The number of phenolic OH excluding ortho intramolecular Hbond substituents is 1. The highest BCUT2D eigenvalue weighted by Gasteiger charge is 2.16. The molecule has 1 unspecified atom stereocenters. The summed E-state index contributed by atoms with van der Waals surface area (Å²) >= 11 is 0. The van der Waals surface area contributed by atoms with Gasteiger partial charge in [-0.2, -0.15) is 5.10 Å².